The Labute approximate surface area is 201 Å². The van der Waals surface area contributed by atoms with Crippen molar-refractivity contribution < 1.29 is 9.53 Å². The van der Waals surface area contributed by atoms with E-state index in [9.17, 15) is 9.59 Å². The number of hydrogen-bond acceptors (Lipinski definition) is 6. The van der Waals surface area contributed by atoms with Gasteiger partial charge in [0.05, 0.1) is 25.1 Å². The van der Waals surface area contributed by atoms with Crippen LogP contribution in [-0.2, 0) is 11.3 Å². The molecule has 8 heteroatoms. The van der Waals surface area contributed by atoms with Crippen molar-refractivity contribution in [3.8, 4) is 5.75 Å². The van der Waals surface area contributed by atoms with Gasteiger partial charge in [-0.1, -0.05) is 30.3 Å². The highest BCUT2D eigenvalue weighted by Gasteiger charge is 2.29. The zero-order chi connectivity index (χ0) is 23.5. The van der Waals surface area contributed by atoms with E-state index in [4.69, 9.17) is 9.72 Å². The summed E-state index contributed by atoms with van der Waals surface area (Å²) in [7, 11) is 1.61. The molecule has 1 fully saturated rings. The third-order valence-electron chi connectivity index (χ3n) is 6.16. The molecule has 0 unspecified atom stereocenters. The van der Waals surface area contributed by atoms with Crippen LogP contribution in [0.15, 0.2) is 70.8 Å². The fraction of sp³-hybridized carbons (Fsp3) is 0.269. The summed E-state index contributed by atoms with van der Waals surface area (Å²) in [6.45, 7) is 1.71. The Morgan fingerprint density at radius 3 is 2.71 bits per heavy atom. The molecule has 4 aromatic rings. The zero-order valence-corrected chi connectivity index (χ0v) is 19.8. The van der Waals surface area contributed by atoms with Gasteiger partial charge >= 0.3 is 0 Å². The van der Waals surface area contributed by atoms with Crippen LogP contribution >= 0.6 is 11.3 Å². The molecule has 0 aliphatic carbocycles. The standard InChI is InChI=1S/C26H26N4O3S/c1-33-21-11-9-20(10-12-21)27-24(31)19-8-5-14-29(17-19)26-28-22-13-15-34-23(22)25(32)30(26)16-18-6-3-2-4-7-18/h2-4,6-7,9-13,15,19H,5,8,14,16-17H2,1H3,(H,27,31)/t19-/m1/s1. The van der Waals surface area contributed by atoms with Gasteiger partial charge in [0.2, 0.25) is 11.9 Å². The van der Waals surface area contributed by atoms with Crippen molar-refractivity contribution in [1.82, 2.24) is 9.55 Å². The molecule has 1 aliphatic rings. The molecule has 0 bridgehead atoms. The number of fused-ring (bicyclic) bond motifs is 1. The minimum absolute atomic E-state index is 0.0246. The first-order valence-electron chi connectivity index (χ1n) is 11.3. The summed E-state index contributed by atoms with van der Waals surface area (Å²) in [4.78, 5) is 33.4. The van der Waals surface area contributed by atoms with Crippen LogP contribution < -0.4 is 20.5 Å². The van der Waals surface area contributed by atoms with Gasteiger partial charge in [-0.15, -0.1) is 11.3 Å². The van der Waals surface area contributed by atoms with Crippen molar-refractivity contribution in [2.24, 2.45) is 5.92 Å². The number of methoxy groups -OCH3 is 1. The first-order chi connectivity index (χ1) is 16.6. The SMILES string of the molecule is COc1ccc(NC(=O)[C@@H]2CCCN(c3nc4ccsc4c(=O)n3Cc3ccccc3)C2)cc1. The average molecular weight is 475 g/mol. The zero-order valence-electron chi connectivity index (χ0n) is 18.9. The van der Waals surface area contributed by atoms with Crippen LogP contribution in [0.3, 0.4) is 0 Å². The average Bonchev–Trinajstić information content (AvgIpc) is 3.36. The molecule has 3 heterocycles. The van der Waals surface area contributed by atoms with Crippen molar-refractivity contribution in [2.75, 3.05) is 30.4 Å². The Morgan fingerprint density at radius 2 is 1.94 bits per heavy atom. The maximum absolute atomic E-state index is 13.4. The lowest BCUT2D eigenvalue weighted by Gasteiger charge is -2.34. The number of rotatable bonds is 6. The summed E-state index contributed by atoms with van der Waals surface area (Å²) in [5.41, 5.74) is 2.44. The highest BCUT2D eigenvalue weighted by molar-refractivity contribution is 7.17. The van der Waals surface area contributed by atoms with E-state index < -0.39 is 0 Å². The van der Waals surface area contributed by atoms with E-state index in [0.717, 1.165) is 36.4 Å². The number of anilines is 2. The topological polar surface area (TPSA) is 76.5 Å². The molecule has 174 valence electrons. The fourth-order valence-corrected chi connectivity index (χ4v) is 5.15. The molecule has 0 saturated carbocycles. The van der Waals surface area contributed by atoms with Crippen LogP contribution in [0.5, 0.6) is 5.75 Å². The molecule has 1 atom stereocenters. The number of amides is 1. The predicted octanol–water partition coefficient (Wildman–Crippen LogP) is 4.37. The smallest absolute Gasteiger partial charge is 0.273 e. The molecule has 7 nitrogen and oxygen atoms in total. The molecule has 0 spiro atoms. The lowest BCUT2D eigenvalue weighted by atomic mass is 9.97. The Hall–Kier alpha value is -3.65. The van der Waals surface area contributed by atoms with Gasteiger partial charge in [0.15, 0.2) is 0 Å². The maximum Gasteiger partial charge on any atom is 0.273 e. The third-order valence-corrected chi connectivity index (χ3v) is 7.05. The molecular formula is C26H26N4O3S. The van der Waals surface area contributed by atoms with E-state index >= 15 is 0 Å². The van der Waals surface area contributed by atoms with Crippen LogP contribution in [0.1, 0.15) is 18.4 Å². The van der Waals surface area contributed by atoms with Gasteiger partial charge in [-0.2, -0.15) is 0 Å². The minimum atomic E-state index is -0.198. The third kappa shape index (κ3) is 4.54. The number of piperidine rings is 1. The number of aromatic nitrogens is 2. The van der Waals surface area contributed by atoms with Gasteiger partial charge in [-0.25, -0.2) is 4.98 Å². The number of nitrogens with one attached hydrogen (secondary N) is 1. The van der Waals surface area contributed by atoms with Crippen LogP contribution in [0.2, 0.25) is 0 Å². The Kier molecular flexibility index (Phi) is 6.31. The largest absolute Gasteiger partial charge is 0.497 e. The van der Waals surface area contributed by atoms with Crippen LogP contribution in [0.4, 0.5) is 11.6 Å². The summed E-state index contributed by atoms with van der Waals surface area (Å²) >= 11 is 1.42. The second-order valence-corrected chi connectivity index (χ2v) is 9.34. The number of hydrogen-bond donors (Lipinski definition) is 1. The molecule has 34 heavy (non-hydrogen) atoms. The fourth-order valence-electron chi connectivity index (χ4n) is 4.37. The molecular weight excluding hydrogens is 448 g/mol. The van der Waals surface area contributed by atoms with Gasteiger partial charge in [0.25, 0.3) is 5.56 Å². The van der Waals surface area contributed by atoms with Crippen LogP contribution in [0, 0.1) is 5.92 Å². The van der Waals surface area contributed by atoms with E-state index in [2.05, 4.69) is 10.2 Å². The molecule has 2 aromatic carbocycles. The lowest BCUT2D eigenvalue weighted by molar-refractivity contribution is -0.120. The summed E-state index contributed by atoms with van der Waals surface area (Å²) < 4.78 is 7.59. The van der Waals surface area contributed by atoms with Crippen LogP contribution in [0.25, 0.3) is 10.2 Å². The Morgan fingerprint density at radius 1 is 1.15 bits per heavy atom. The van der Waals surface area contributed by atoms with Crippen molar-refractivity contribution >= 4 is 39.1 Å². The van der Waals surface area contributed by atoms with Gasteiger partial charge in [0.1, 0.15) is 10.4 Å². The molecule has 1 N–H and O–H groups in total. The quantitative estimate of drug-likeness (QED) is 0.449. The summed E-state index contributed by atoms with van der Waals surface area (Å²) in [5, 5.41) is 4.92. The Bertz CT molecular complexity index is 1350. The minimum Gasteiger partial charge on any atom is -0.497 e. The molecule has 5 rings (SSSR count). The van der Waals surface area contributed by atoms with E-state index in [1.165, 1.54) is 11.3 Å². The highest BCUT2D eigenvalue weighted by Crippen LogP contribution is 2.26. The summed E-state index contributed by atoms with van der Waals surface area (Å²) in [6.07, 6.45) is 1.64. The van der Waals surface area contributed by atoms with Crippen LogP contribution in [-0.4, -0.2) is 35.7 Å². The van der Waals surface area contributed by atoms with Gasteiger partial charge in [-0.3, -0.25) is 14.2 Å². The second-order valence-electron chi connectivity index (χ2n) is 8.43. The number of thiophene rings is 1. The summed E-state index contributed by atoms with van der Waals surface area (Å²) in [6, 6.07) is 19.1. The number of nitrogens with zero attached hydrogens (tertiary/aromatic N) is 3. The van der Waals surface area contributed by atoms with Crippen molar-refractivity contribution in [3.05, 3.63) is 82.0 Å². The normalized spacial score (nSPS) is 15.9. The van der Waals surface area contributed by atoms with E-state index in [-0.39, 0.29) is 17.4 Å². The second kappa shape index (κ2) is 9.69. The Balaban J connectivity index is 1.41. The molecule has 1 saturated heterocycles. The first kappa shape index (κ1) is 22.2. The van der Waals surface area contributed by atoms with E-state index in [1.54, 1.807) is 11.7 Å². The number of benzene rings is 2. The molecule has 0 radical (unpaired) electrons. The monoisotopic (exact) mass is 474 g/mol. The maximum atomic E-state index is 13.4. The van der Waals surface area contributed by atoms with Gasteiger partial charge in [0, 0.05) is 18.8 Å². The highest BCUT2D eigenvalue weighted by atomic mass is 32.1. The van der Waals surface area contributed by atoms with Gasteiger partial charge < -0.3 is 15.0 Å². The van der Waals surface area contributed by atoms with Crippen molar-refractivity contribution in [2.45, 2.75) is 19.4 Å². The molecule has 2 aromatic heterocycles. The van der Waals surface area contributed by atoms with Crippen molar-refractivity contribution in [1.29, 1.82) is 0 Å². The van der Waals surface area contributed by atoms with E-state index in [1.807, 2.05) is 66.0 Å². The van der Waals surface area contributed by atoms with Crippen molar-refractivity contribution in [3.63, 3.8) is 0 Å². The number of carbonyl (C=O) groups excluding carboxylic acids is 1. The van der Waals surface area contributed by atoms with Gasteiger partial charge in [-0.05, 0) is 54.1 Å². The predicted molar refractivity (Wildman–Crippen MR) is 136 cm³/mol. The van der Waals surface area contributed by atoms with E-state index in [0.29, 0.717) is 29.3 Å². The summed E-state index contributed by atoms with van der Waals surface area (Å²) in [5.74, 6) is 1.15. The lowest BCUT2D eigenvalue weighted by Crippen LogP contribution is -2.43. The molecule has 1 amide bonds. The first-order valence-corrected chi connectivity index (χ1v) is 12.2. The molecule has 1 aliphatic heterocycles. The number of ether oxygens (including phenoxy) is 1. The number of carbonyl (C=O) groups is 1.